The van der Waals surface area contributed by atoms with Crippen molar-refractivity contribution in [2.75, 3.05) is 16.8 Å². The SMILES string of the molecule is Cc1cc(N2CCn3nc(C(F)(F)F)cc3C2)cc(C)c1NC(=O)Cc1ccc(F)cc1F. The second-order valence-corrected chi connectivity index (χ2v) is 8.08. The monoisotopic (exact) mass is 464 g/mol. The quantitative estimate of drug-likeness (QED) is 0.553. The highest BCUT2D eigenvalue weighted by molar-refractivity contribution is 5.94. The van der Waals surface area contributed by atoms with E-state index in [9.17, 15) is 26.7 Å². The number of benzene rings is 2. The Balaban J connectivity index is 1.49. The zero-order valence-electron chi connectivity index (χ0n) is 17.9. The fourth-order valence-corrected chi connectivity index (χ4v) is 3.97. The fraction of sp³-hybridized carbons (Fsp3) is 0.304. The molecule has 1 aliphatic rings. The van der Waals surface area contributed by atoms with Crippen LogP contribution in [0.15, 0.2) is 36.4 Å². The van der Waals surface area contributed by atoms with E-state index >= 15 is 0 Å². The fourth-order valence-electron chi connectivity index (χ4n) is 3.97. The summed E-state index contributed by atoms with van der Waals surface area (Å²) in [7, 11) is 0. The molecule has 0 unspecified atom stereocenters. The number of nitrogens with one attached hydrogen (secondary N) is 1. The van der Waals surface area contributed by atoms with Crippen LogP contribution in [0.3, 0.4) is 0 Å². The normalized spacial score (nSPS) is 13.7. The first-order valence-corrected chi connectivity index (χ1v) is 10.2. The van der Waals surface area contributed by atoms with Gasteiger partial charge < -0.3 is 10.2 Å². The van der Waals surface area contributed by atoms with Gasteiger partial charge in [0, 0.05) is 24.0 Å². The molecule has 10 heteroatoms. The highest BCUT2D eigenvalue weighted by atomic mass is 19.4. The van der Waals surface area contributed by atoms with Crippen LogP contribution >= 0.6 is 0 Å². The van der Waals surface area contributed by atoms with Crippen LogP contribution in [0.2, 0.25) is 0 Å². The van der Waals surface area contributed by atoms with Crippen molar-refractivity contribution in [3.05, 3.63) is 76.1 Å². The number of halogens is 5. The number of anilines is 2. The molecule has 2 aromatic carbocycles. The molecule has 1 aromatic heterocycles. The second-order valence-electron chi connectivity index (χ2n) is 8.08. The van der Waals surface area contributed by atoms with Crippen LogP contribution in [0.4, 0.5) is 33.3 Å². The number of aromatic nitrogens is 2. The molecule has 1 amide bonds. The summed E-state index contributed by atoms with van der Waals surface area (Å²) in [5.41, 5.74) is 2.57. The van der Waals surface area contributed by atoms with Gasteiger partial charge in [0.25, 0.3) is 0 Å². The van der Waals surface area contributed by atoms with Crippen LogP contribution in [0, 0.1) is 25.5 Å². The van der Waals surface area contributed by atoms with E-state index in [1.807, 2.05) is 17.0 Å². The average Bonchev–Trinajstić information content (AvgIpc) is 3.16. The number of amides is 1. The van der Waals surface area contributed by atoms with Crippen molar-refractivity contribution in [2.24, 2.45) is 0 Å². The Kier molecular flexibility index (Phi) is 5.85. The average molecular weight is 464 g/mol. The topological polar surface area (TPSA) is 50.2 Å². The van der Waals surface area contributed by atoms with Gasteiger partial charge in [-0.15, -0.1) is 0 Å². The summed E-state index contributed by atoms with van der Waals surface area (Å²) in [5, 5.41) is 6.42. The van der Waals surface area contributed by atoms with Gasteiger partial charge in [-0.1, -0.05) is 6.07 Å². The number of carbonyl (C=O) groups excluding carboxylic acids is 1. The van der Waals surface area contributed by atoms with Crippen LogP contribution < -0.4 is 10.2 Å². The minimum atomic E-state index is -4.49. The largest absolute Gasteiger partial charge is 0.435 e. The maximum absolute atomic E-state index is 13.8. The van der Waals surface area contributed by atoms with E-state index in [1.165, 1.54) is 10.7 Å². The molecular weight excluding hydrogens is 443 g/mol. The van der Waals surface area contributed by atoms with E-state index in [4.69, 9.17) is 0 Å². The van der Waals surface area contributed by atoms with Crippen LogP contribution in [0.1, 0.15) is 28.1 Å². The van der Waals surface area contributed by atoms with Crippen molar-refractivity contribution in [3.8, 4) is 0 Å². The molecule has 0 spiro atoms. The summed E-state index contributed by atoms with van der Waals surface area (Å²) in [5.74, 6) is -1.94. The molecule has 0 atom stereocenters. The Bertz CT molecular complexity index is 1200. The number of rotatable bonds is 4. The molecule has 2 heterocycles. The highest BCUT2D eigenvalue weighted by Gasteiger charge is 2.35. The lowest BCUT2D eigenvalue weighted by Gasteiger charge is -2.30. The Morgan fingerprint density at radius 3 is 2.39 bits per heavy atom. The van der Waals surface area contributed by atoms with Gasteiger partial charge in [0.15, 0.2) is 5.69 Å². The maximum atomic E-state index is 13.8. The summed E-state index contributed by atoms with van der Waals surface area (Å²) in [6, 6.07) is 7.82. The Morgan fingerprint density at radius 2 is 1.76 bits per heavy atom. The smallest absolute Gasteiger partial charge is 0.364 e. The lowest BCUT2D eigenvalue weighted by Crippen LogP contribution is -2.34. The number of carbonyl (C=O) groups is 1. The number of hydrogen-bond donors (Lipinski definition) is 1. The van der Waals surface area contributed by atoms with Gasteiger partial charge in [0.1, 0.15) is 11.6 Å². The van der Waals surface area contributed by atoms with Crippen LogP contribution in [0.5, 0.6) is 0 Å². The number of hydrogen-bond acceptors (Lipinski definition) is 3. The molecule has 0 fully saturated rings. The minimum Gasteiger partial charge on any atom is -0.364 e. The Hall–Kier alpha value is -3.43. The van der Waals surface area contributed by atoms with Crippen molar-refractivity contribution in [3.63, 3.8) is 0 Å². The lowest BCUT2D eigenvalue weighted by atomic mass is 10.1. The highest BCUT2D eigenvalue weighted by Crippen LogP contribution is 2.32. The first-order chi connectivity index (χ1) is 15.5. The van der Waals surface area contributed by atoms with E-state index in [2.05, 4.69) is 10.4 Å². The van der Waals surface area contributed by atoms with Gasteiger partial charge in [-0.3, -0.25) is 9.48 Å². The maximum Gasteiger partial charge on any atom is 0.435 e. The predicted molar refractivity (Wildman–Crippen MR) is 113 cm³/mol. The summed E-state index contributed by atoms with van der Waals surface area (Å²) in [6.45, 7) is 4.70. The molecule has 5 nitrogen and oxygen atoms in total. The third kappa shape index (κ3) is 4.84. The van der Waals surface area contributed by atoms with Crippen molar-refractivity contribution in [1.29, 1.82) is 0 Å². The third-order valence-electron chi connectivity index (χ3n) is 5.60. The molecule has 0 aliphatic carbocycles. The van der Waals surface area contributed by atoms with E-state index in [1.54, 1.807) is 13.8 Å². The van der Waals surface area contributed by atoms with Crippen LogP contribution in [0.25, 0.3) is 0 Å². The summed E-state index contributed by atoms with van der Waals surface area (Å²) < 4.78 is 67.2. The van der Waals surface area contributed by atoms with Crippen LogP contribution in [-0.4, -0.2) is 22.2 Å². The first-order valence-electron chi connectivity index (χ1n) is 10.2. The van der Waals surface area contributed by atoms with Crippen molar-refractivity contribution in [1.82, 2.24) is 9.78 Å². The number of nitrogens with zero attached hydrogens (tertiary/aromatic N) is 3. The van der Waals surface area contributed by atoms with Gasteiger partial charge in [-0.05, 0) is 54.8 Å². The number of aryl methyl sites for hydroxylation is 2. The van der Waals surface area contributed by atoms with E-state index in [-0.39, 0.29) is 18.5 Å². The van der Waals surface area contributed by atoms with Gasteiger partial charge in [0.05, 0.1) is 25.2 Å². The number of fused-ring (bicyclic) bond motifs is 1. The molecule has 3 aromatic rings. The molecule has 33 heavy (non-hydrogen) atoms. The Morgan fingerprint density at radius 1 is 1.06 bits per heavy atom. The minimum absolute atomic E-state index is 0.0870. The number of alkyl halides is 3. The molecule has 0 bridgehead atoms. The molecule has 174 valence electrons. The van der Waals surface area contributed by atoms with E-state index in [0.29, 0.717) is 24.5 Å². The zero-order valence-corrected chi connectivity index (χ0v) is 17.9. The molecule has 0 saturated heterocycles. The third-order valence-corrected chi connectivity index (χ3v) is 5.60. The molecule has 4 rings (SSSR count). The standard InChI is InChI=1S/C23H21F5N4O/c1-13-7-17(31-5-6-32-18(12-31)11-20(30-32)23(26,27)28)8-14(2)22(13)29-21(33)9-15-3-4-16(24)10-19(15)25/h3-4,7-8,10-11H,5-6,9,12H2,1-2H3,(H,29,33). The van der Waals surface area contributed by atoms with Crippen LogP contribution in [-0.2, 0) is 30.5 Å². The zero-order chi connectivity index (χ0) is 23.9. The Labute approximate surface area is 186 Å². The van der Waals surface area contributed by atoms with Gasteiger partial charge in [-0.25, -0.2) is 8.78 Å². The molecule has 0 radical (unpaired) electrons. The molecule has 1 aliphatic heterocycles. The molecule has 1 N–H and O–H groups in total. The summed E-state index contributed by atoms with van der Waals surface area (Å²) in [6.07, 6.45) is -4.73. The predicted octanol–water partition coefficient (Wildman–Crippen LogP) is 5.00. The van der Waals surface area contributed by atoms with Crippen molar-refractivity contribution in [2.45, 2.75) is 39.5 Å². The van der Waals surface area contributed by atoms with Gasteiger partial charge >= 0.3 is 6.18 Å². The molecular formula is C23H21F5N4O. The lowest BCUT2D eigenvalue weighted by molar-refractivity contribution is -0.141. The van der Waals surface area contributed by atoms with E-state index in [0.717, 1.165) is 35.0 Å². The first kappa shape index (κ1) is 22.8. The van der Waals surface area contributed by atoms with Gasteiger partial charge in [-0.2, -0.15) is 18.3 Å². The summed E-state index contributed by atoms with van der Waals surface area (Å²) >= 11 is 0. The molecule has 0 saturated carbocycles. The van der Waals surface area contributed by atoms with Crippen molar-refractivity contribution >= 4 is 17.3 Å². The van der Waals surface area contributed by atoms with Gasteiger partial charge in [0.2, 0.25) is 5.91 Å². The van der Waals surface area contributed by atoms with E-state index < -0.39 is 29.4 Å². The second kappa shape index (κ2) is 8.49. The van der Waals surface area contributed by atoms with Crippen molar-refractivity contribution < 1.29 is 26.7 Å². The summed E-state index contributed by atoms with van der Waals surface area (Å²) in [4.78, 5) is 14.4.